The molecule has 1 N–H and O–H groups in total. The molecule has 112 valence electrons. The molecule has 0 aromatic heterocycles. The molecule has 1 aliphatic rings. The summed E-state index contributed by atoms with van der Waals surface area (Å²) in [5, 5.41) is 5.17. The lowest BCUT2D eigenvalue weighted by molar-refractivity contribution is 0.351. The molecule has 1 saturated carbocycles. The molecule has 0 aliphatic heterocycles. The summed E-state index contributed by atoms with van der Waals surface area (Å²) in [5.41, 5.74) is 1.38. The third kappa shape index (κ3) is 4.38. The number of benzene rings is 1. The van der Waals surface area contributed by atoms with Gasteiger partial charge in [0.05, 0.1) is 0 Å². The Morgan fingerprint density at radius 3 is 2.40 bits per heavy atom. The van der Waals surface area contributed by atoms with E-state index in [0.29, 0.717) is 10.9 Å². The summed E-state index contributed by atoms with van der Waals surface area (Å²) in [5.74, 6) is 1.23. The van der Waals surface area contributed by atoms with Crippen LogP contribution in [0.5, 0.6) is 0 Å². The van der Waals surface area contributed by atoms with Crippen molar-refractivity contribution in [1.29, 1.82) is 0 Å². The monoisotopic (exact) mass is 313 g/mol. The highest BCUT2D eigenvalue weighted by Gasteiger charge is 2.28. The number of nitrogens with one attached hydrogen (secondary N) is 1. The average molecular weight is 314 g/mol. The van der Waals surface area contributed by atoms with E-state index in [4.69, 9.17) is 23.2 Å². The van der Waals surface area contributed by atoms with Crippen LogP contribution in [0, 0.1) is 5.92 Å². The van der Waals surface area contributed by atoms with E-state index in [1.165, 1.54) is 31.2 Å². The van der Waals surface area contributed by atoms with Gasteiger partial charge in [0, 0.05) is 28.0 Å². The summed E-state index contributed by atoms with van der Waals surface area (Å²) in [6.45, 7) is 7.61. The van der Waals surface area contributed by atoms with Gasteiger partial charge < -0.3 is 5.32 Å². The van der Waals surface area contributed by atoms with Crippen molar-refractivity contribution < 1.29 is 0 Å². The van der Waals surface area contributed by atoms with Gasteiger partial charge in [0.15, 0.2) is 0 Å². The summed E-state index contributed by atoms with van der Waals surface area (Å²) in [7, 11) is 0. The molecular formula is C17H25Cl2N. The van der Waals surface area contributed by atoms with Gasteiger partial charge >= 0.3 is 0 Å². The minimum atomic E-state index is 0.135. The fraction of sp³-hybridized carbons (Fsp3) is 0.647. The third-order valence-electron chi connectivity index (χ3n) is 4.18. The Balaban J connectivity index is 2.20. The van der Waals surface area contributed by atoms with E-state index >= 15 is 0 Å². The molecule has 2 rings (SSSR count). The highest BCUT2D eigenvalue weighted by Crippen LogP contribution is 2.40. The molecule has 3 heteroatoms. The Morgan fingerprint density at radius 1 is 1.20 bits per heavy atom. The lowest BCUT2D eigenvalue weighted by atomic mass is 9.84. The van der Waals surface area contributed by atoms with Crippen LogP contribution in [0.15, 0.2) is 18.2 Å². The number of halogens is 2. The molecule has 1 aromatic carbocycles. The first kappa shape index (κ1) is 16.1. The van der Waals surface area contributed by atoms with Gasteiger partial charge in [-0.15, -0.1) is 0 Å². The summed E-state index contributed by atoms with van der Waals surface area (Å²) in [6, 6.07) is 5.94. The van der Waals surface area contributed by atoms with Crippen molar-refractivity contribution >= 4 is 23.2 Å². The van der Waals surface area contributed by atoms with Gasteiger partial charge in [-0.3, -0.25) is 0 Å². The van der Waals surface area contributed by atoms with Gasteiger partial charge in [-0.2, -0.15) is 0 Å². The molecule has 1 aliphatic carbocycles. The summed E-state index contributed by atoms with van der Waals surface area (Å²) < 4.78 is 0. The van der Waals surface area contributed by atoms with E-state index in [1.807, 2.05) is 12.1 Å². The molecule has 1 aromatic rings. The zero-order valence-corrected chi connectivity index (χ0v) is 14.2. The van der Waals surface area contributed by atoms with Crippen molar-refractivity contribution in [3.8, 4) is 0 Å². The Bertz CT molecular complexity index is 445. The molecule has 0 saturated heterocycles. The lowest BCUT2D eigenvalue weighted by Gasteiger charge is -2.30. The first-order chi connectivity index (χ1) is 9.37. The molecule has 0 bridgehead atoms. The third-order valence-corrected chi connectivity index (χ3v) is 4.75. The lowest BCUT2D eigenvalue weighted by Crippen LogP contribution is -2.39. The van der Waals surface area contributed by atoms with Gasteiger partial charge in [-0.05, 0) is 57.2 Å². The van der Waals surface area contributed by atoms with Gasteiger partial charge in [-0.25, -0.2) is 0 Å². The van der Waals surface area contributed by atoms with Crippen LogP contribution in [0.2, 0.25) is 10.0 Å². The van der Waals surface area contributed by atoms with E-state index in [9.17, 15) is 0 Å². The molecule has 0 radical (unpaired) electrons. The van der Waals surface area contributed by atoms with Gasteiger partial charge in [0.1, 0.15) is 0 Å². The Kier molecular flexibility index (Phi) is 5.39. The minimum absolute atomic E-state index is 0.135. The maximum atomic E-state index is 6.44. The van der Waals surface area contributed by atoms with E-state index in [0.717, 1.165) is 17.5 Å². The maximum Gasteiger partial charge on any atom is 0.0456 e. The molecule has 0 amide bonds. The molecule has 1 unspecified atom stereocenters. The zero-order chi connectivity index (χ0) is 14.8. The largest absolute Gasteiger partial charge is 0.311 e. The van der Waals surface area contributed by atoms with Crippen LogP contribution in [0.3, 0.4) is 0 Å². The summed E-state index contributed by atoms with van der Waals surface area (Å²) in [6.07, 6.45) is 5.33. The second-order valence-corrected chi connectivity index (χ2v) is 7.79. The van der Waals surface area contributed by atoms with Gasteiger partial charge in [-0.1, -0.05) is 42.1 Å². The average Bonchev–Trinajstić information content (AvgIpc) is 2.84. The van der Waals surface area contributed by atoms with Crippen molar-refractivity contribution in [3.63, 3.8) is 0 Å². The van der Waals surface area contributed by atoms with Crippen LogP contribution in [0.25, 0.3) is 0 Å². The molecule has 20 heavy (non-hydrogen) atoms. The van der Waals surface area contributed by atoms with Crippen LogP contribution < -0.4 is 5.32 Å². The molecule has 1 atom stereocenters. The van der Waals surface area contributed by atoms with Crippen LogP contribution >= 0.6 is 23.2 Å². The Morgan fingerprint density at radius 2 is 1.85 bits per heavy atom. The fourth-order valence-corrected chi connectivity index (χ4v) is 3.66. The number of hydrogen-bond acceptors (Lipinski definition) is 1. The molecular weight excluding hydrogens is 289 g/mol. The van der Waals surface area contributed by atoms with E-state index in [1.54, 1.807) is 0 Å². The predicted molar refractivity (Wildman–Crippen MR) is 88.9 cm³/mol. The molecule has 1 fully saturated rings. The highest BCUT2D eigenvalue weighted by molar-refractivity contribution is 6.35. The first-order valence-electron chi connectivity index (χ1n) is 7.57. The van der Waals surface area contributed by atoms with Crippen molar-refractivity contribution in [2.45, 2.75) is 57.9 Å². The van der Waals surface area contributed by atoms with E-state index in [2.05, 4.69) is 32.2 Å². The second kappa shape index (κ2) is 6.68. The van der Waals surface area contributed by atoms with Crippen LogP contribution in [0.1, 0.15) is 57.9 Å². The normalized spacial score (nSPS) is 18.4. The van der Waals surface area contributed by atoms with E-state index < -0.39 is 0 Å². The summed E-state index contributed by atoms with van der Waals surface area (Å²) in [4.78, 5) is 0. The van der Waals surface area contributed by atoms with Crippen molar-refractivity contribution in [2.24, 2.45) is 5.92 Å². The van der Waals surface area contributed by atoms with Crippen LogP contribution in [-0.4, -0.2) is 12.1 Å². The SMILES string of the molecule is CC(C)(C)NCC(c1ccc(Cl)cc1Cl)C1CCCC1. The Hall–Kier alpha value is -0.240. The van der Waals surface area contributed by atoms with Crippen molar-refractivity contribution in [1.82, 2.24) is 5.32 Å². The quantitative estimate of drug-likeness (QED) is 0.756. The van der Waals surface area contributed by atoms with Gasteiger partial charge in [0.2, 0.25) is 0 Å². The second-order valence-electron chi connectivity index (χ2n) is 6.95. The molecule has 0 heterocycles. The smallest absolute Gasteiger partial charge is 0.0456 e. The number of hydrogen-bond donors (Lipinski definition) is 1. The standard InChI is InChI=1S/C17H25Cl2N/c1-17(2,3)20-11-15(12-6-4-5-7-12)14-9-8-13(18)10-16(14)19/h8-10,12,15,20H,4-7,11H2,1-3H3. The van der Waals surface area contributed by atoms with E-state index in [-0.39, 0.29) is 5.54 Å². The highest BCUT2D eigenvalue weighted by atomic mass is 35.5. The minimum Gasteiger partial charge on any atom is -0.311 e. The van der Waals surface area contributed by atoms with Crippen LogP contribution in [-0.2, 0) is 0 Å². The van der Waals surface area contributed by atoms with Crippen molar-refractivity contribution in [2.75, 3.05) is 6.54 Å². The summed E-state index contributed by atoms with van der Waals surface area (Å²) >= 11 is 12.5. The molecule has 0 spiro atoms. The van der Waals surface area contributed by atoms with Crippen LogP contribution in [0.4, 0.5) is 0 Å². The first-order valence-corrected chi connectivity index (χ1v) is 8.32. The maximum absolute atomic E-state index is 6.44. The van der Waals surface area contributed by atoms with Crippen molar-refractivity contribution in [3.05, 3.63) is 33.8 Å². The number of rotatable bonds is 4. The predicted octanol–water partition coefficient (Wildman–Crippen LogP) is 5.66. The molecule has 1 nitrogen and oxygen atoms in total. The fourth-order valence-electron chi connectivity index (χ4n) is 3.11. The topological polar surface area (TPSA) is 12.0 Å². The van der Waals surface area contributed by atoms with Gasteiger partial charge in [0.25, 0.3) is 0 Å². The zero-order valence-electron chi connectivity index (χ0n) is 12.7. The Labute approximate surface area is 133 Å².